The smallest absolute Gasteiger partial charge is 0.128 e. The van der Waals surface area contributed by atoms with E-state index in [4.69, 9.17) is 10.6 Å². The van der Waals surface area contributed by atoms with E-state index >= 15 is 0 Å². The van der Waals surface area contributed by atoms with E-state index in [9.17, 15) is 5.11 Å². The van der Waals surface area contributed by atoms with Crippen LogP contribution in [-0.2, 0) is 11.3 Å². The van der Waals surface area contributed by atoms with Crippen molar-refractivity contribution >= 4 is 0 Å². The van der Waals surface area contributed by atoms with Gasteiger partial charge in [0.15, 0.2) is 0 Å². The minimum atomic E-state index is -0.0756. The Bertz CT molecular complexity index is 314. The molecule has 0 aliphatic carbocycles. The Morgan fingerprint density at radius 1 is 1.62 bits per heavy atom. The number of rotatable bonds is 2. The number of benzene rings is 1. The molecule has 0 saturated heterocycles. The molecule has 0 aromatic heterocycles. The highest BCUT2D eigenvalue weighted by molar-refractivity contribution is 5.46. The number of hydrogen-bond acceptors (Lipinski definition) is 4. The van der Waals surface area contributed by atoms with E-state index in [1.54, 1.807) is 12.1 Å². The van der Waals surface area contributed by atoms with Gasteiger partial charge in [-0.2, -0.15) is 0 Å². The van der Waals surface area contributed by atoms with Crippen LogP contribution >= 0.6 is 0 Å². The topological polar surface area (TPSA) is 64.7 Å². The molecule has 70 valence electrons. The molecule has 0 bridgehead atoms. The minimum Gasteiger partial charge on any atom is -0.508 e. The summed E-state index contributed by atoms with van der Waals surface area (Å²) in [6, 6.07) is 5.22. The van der Waals surface area contributed by atoms with E-state index in [-0.39, 0.29) is 11.9 Å². The van der Waals surface area contributed by atoms with Gasteiger partial charge in [-0.05, 0) is 12.1 Å². The van der Waals surface area contributed by atoms with E-state index in [1.807, 2.05) is 6.07 Å². The molecule has 1 heterocycles. The van der Waals surface area contributed by atoms with Crippen molar-refractivity contribution < 1.29 is 14.7 Å². The maximum Gasteiger partial charge on any atom is 0.128 e. The largest absolute Gasteiger partial charge is 0.508 e. The summed E-state index contributed by atoms with van der Waals surface area (Å²) in [5, 5.41) is 9.47. The first-order valence-corrected chi connectivity index (χ1v) is 4.10. The lowest BCUT2D eigenvalue weighted by molar-refractivity contribution is 0.0609. The Morgan fingerprint density at radius 2 is 2.46 bits per heavy atom. The van der Waals surface area contributed by atoms with Crippen LogP contribution in [0.1, 0.15) is 5.56 Å². The molecule has 0 radical (unpaired) electrons. The van der Waals surface area contributed by atoms with Gasteiger partial charge < -0.3 is 14.7 Å². The lowest BCUT2D eigenvalue weighted by Crippen LogP contribution is -2.22. The van der Waals surface area contributed by atoms with Crippen LogP contribution in [0.5, 0.6) is 11.5 Å². The highest BCUT2D eigenvalue weighted by Crippen LogP contribution is 2.34. The molecule has 1 aromatic carbocycles. The number of phenols is 1. The molecule has 1 atom stereocenters. The van der Waals surface area contributed by atoms with Gasteiger partial charge in [0.2, 0.25) is 0 Å². The van der Waals surface area contributed by atoms with E-state index in [1.165, 1.54) is 0 Å². The molecule has 0 amide bonds. The molecular formula is C9H11NO3. The fourth-order valence-corrected chi connectivity index (χ4v) is 1.52. The summed E-state index contributed by atoms with van der Waals surface area (Å²) < 4.78 is 5.46. The standard InChI is InChI=1S/C9H11NO3/c10-12-5-6-4-7-8(11)2-1-3-9(7)13-6/h1-3,6,11H,4-5,10H2. The van der Waals surface area contributed by atoms with Crippen LogP contribution in [0.2, 0.25) is 0 Å². The Balaban J connectivity index is 2.20. The van der Waals surface area contributed by atoms with Crippen molar-refractivity contribution in [2.45, 2.75) is 12.5 Å². The van der Waals surface area contributed by atoms with E-state index in [0.717, 1.165) is 11.3 Å². The predicted molar refractivity (Wildman–Crippen MR) is 46.4 cm³/mol. The SMILES string of the molecule is NOCC1Cc2c(O)cccc2O1. The van der Waals surface area contributed by atoms with Gasteiger partial charge in [-0.1, -0.05) is 6.07 Å². The molecule has 1 aliphatic heterocycles. The fraction of sp³-hybridized carbons (Fsp3) is 0.333. The second-order valence-corrected chi connectivity index (χ2v) is 3.03. The van der Waals surface area contributed by atoms with Gasteiger partial charge in [-0.3, -0.25) is 0 Å². The molecule has 1 aliphatic rings. The molecule has 1 aromatic rings. The summed E-state index contributed by atoms with van der Waals surface area (Å²) in [6.45, 7) is 0.341. The number of fused-ring (bicyclic) bond motifs is 1. The monoisotopic (exact) mass is 181 g/mol. The number of phenolic OH excluding ortho intramolecular Hbond substituents is 1. The third kappa shape index (κ3) is 1.46. The number of nitrogens with two attached hydrogens (primary N) is 1. The van der Waals surface area contributed by atoms with Crippen LogP contribution in [0.15, 0.2) is 18.2 Å². The first-order chi connectivity index (χ1) is 6.31. The van der Waals surface area contributed by atoms with E-state index < -0.39 is 0 Å². The van der Waals surface area contributed by atoms with Gasteiger partial charge in [-0.15, -0.1) is 0 Å². The molecule has 0 fully saturated rings. The summed E-state index contributed by atoms with van der Waals surface area (Å²) >= 11 is 0. The predicted octanol–water partition coefficient (Wildman–Crippen LogP) is 0.586. The second kappa shape index (κ2) is 3.24. The minimum absolute atomic E-state index is 0.0756. The van der Waals surface area contributed by atoms with Crippen molar-refractivity contribution in [1.29, 1.82) is 0 Å². The van der Waals surface area contributed by atoms with Crippen LogP contribution in [-0.4, -0.2) is 17.8 Å². The van der Waals surface area contributed by atoms with Gasteiger partial charge in [0, 0.05) is 12.0 Å². The Hall–Kier alpha value is -1.26. The van der Waals surface area contributed by atoms with Crippen molar-refractivity contribution in [3.05, 3.63) is 23.8 Å². The summed E-state index contributed by atoms with van der Waals surface area (Å²) in [5.41, 5.74) is 0.838. The van der Waals surface area contributed by atoms with Crippen LogP contribution < -0.4 is 10.6 Å². The molecule has 13 heavy (non-hydrogen) atoms. The maximum atomic E-state index is 9.47. The number of aromatic hydroxyl groups is 1. The Morgan fingerprint density at radius 3 is 3.15 bits per heavy atom. The molecule has 2 rings (SSSR count). The fourth-order valence-electron chi connectivity index (χ4n) is 1.52. The molecule has 4 nitrogen and oxygen atoms in total. The van der Waals surface area contributed by atoms with Crippen molar-refractivity contribution in [2.75, 3.05) is 6.61 Å². The van der Waals surface area contributed by atoms with Crippen molar-refractivity contribution in [1.82, 2.24) is 0 Å². The summed E-state index contributed by atoms with van der Waals surface area (Å²) in [4.78, 5) is 4.49. The van der Waals surface area contributed by atoms with Crippen LogP contribution in [0.4, 0.5) is 0 Å². The van der Waals surface area contributed by atoms with E-state index in [2.05, 4.69) is 4.84 Å². The average Bonchev–Trinajstić information content (AvgIpc) is 2.49. The average molecular weight is 181 g/mol. The normalized spacial score (nSPS) is 19.6. The third-order valence-corrected chi connectivity index (χ3v) is 2.12. The highest BCUT2D eigenvalue weighted by Gasteiger charge is 2.24. The van der Waals surface area contributed by atoms with Gasteiger partial charge in [0.25, 0.3) is 0 Å². The molecular weight excluding hydrogens is 170 g/mol. The zero-order chi connectivity index (χ0) is 9.26. The second-order valence-electron chi connectivity index (χ2n) is 3.03. The van der Waals surface area contributed by atoms with Gasteiger partial charge in [0.1, 0.15) is 24.2 Å². The summed E-state index contributed by atoms with van der Waals surface area (Å²) in [6.07, 6.45) is 0.576. The first-order valence-electron chi connectivity index (χ1n) is 4.10. The molecule has 0 saturated carbocycles. The molecule has 3 N–H and O–H groups in total. The van der Waals surface area contributed by atoms with Gasteiger partial charge >= 0.3 is 0 Å². The van der Waals surface area contributed by atoms with Crippen LogP contribution in [0, 0.1) is 0 Å². The summed E-state index contributed by atoms with van der Waals surface area (Å²) in [5.74, 6) is 5.94. The van der Waals surface area contributed by atoms with Crippen molar-refractivity contribution in [2.24, 2.45) is 5.90 Å². The zero-order valence-electron chi connectivity index (χ0n) is 7.06. The van der Waals surface area contributed by atoms with Crippen LogP contribution in [0.25, 0.3) is 0 Å². The zero-order valence-corrected chi connectivity index (χ0v) is 7.06. The highest BCUT2D eigenvalue weighted by atomic mass is 16.6. The third-order valence-electron chi connectivity index (χ3n) is 2.12. The molecule has 1 unspecified atom stereocenters. The number of ether oxygens (including phenoxy) is 1. The lowest BCUT2D eigenvalue weighted by atomic mass is 10.1. The van der Waals surface area contributed by atoms with E-state index in [0.29, 0.717) is 13.0 Å². The van der Waals surface area contributed by atoms with Crippen molar-refractivity contribution in [3.8, 4) is 11.5 Å². The quantitative estimate of drug-likeness (QED) is 0.655. The van der Waals surface area contributed by atoms with Crippen molar-refractivity contribution in [3.63, 3.8) is 0 Å². The molecule has 0 spiro atoms. The van der Waals surface area contributed by atoms with Gasteiger partial charge in [0.05, 0.1) is 0 Å². The van der Waals surface area contributed by atoms with Gasteiger partial charge in [-0.25, -0.2) is 5.90 Å². The number of hydrogen-bond donors (Lipinski definition) is 2. The van der Waals surface area contributed by atoms with Crippen LogP contribution in [0.3, 0.4) is 0 Å². The Kier molecular flexibility index (Phi) is 2.08. The first kappa shape index (κ1) is 8.34. The maximum absolute atomic E-state index is 9.47. The Labute approximate surface area is 75.8 Å². The lowest BCUT2D eigenvalue weighted by Gasteiger charge is -2.07. The molecule has 4 heteroatoms. The summed E-state index contributed by atoms with van der Waals surface area (Å²) in [7, 11) is 0.